The van der Waals surface area contributed by atoms with Gasteiger partial charge in [0.25, 0.3) is 0 Å². The van der Waals surface area contributed by atoms with Gasteiger partial charge < -0.3 is 18.9 Å². The average Bonchev–Trinajstić information content (AvgIpc) is 3.33. The van der Waals surface area contributed by atoms with Crippen LogP contribution in [0.25, 0.3) is 0 Å². The van der Waals surface area contributed by atoms with Gasteiger partial charge in [-0.2, -0.15) is 0 Å². The molecule has 2 unspecified atom stereocenters. The summed E-state index contributed by atoms with van der Waals surface area (Å²) in [5.74, 6) is -0.336. The van der Waals surface area contributed by atoms with Crippen molar-refractivity contribution in [3.05, 3.63) is 118 Å². The quantitative estimate of drug-likeness (QED) is 0.0469. The molecule has 0 aliphatic carbocycles. The van der Waals surface area contributed by atoms with Crippen LogP contribution in [0.5, 0.6) is 5.75 Å². The fourth-order valence-corrected chi connectivity index (χ4v) is 10.1. The van der Waals surface area contributed by atoms with Crippen molar-refractivity contribution in [3.8, 4) is 5.75 Å². The molecule has 0 N–H and O–H groups in total. The first-order chi connectivity index (χ1) is 28.2. The first kappa shape index (κ1) is 45.3. The Kier molecular flexibility index (Phi) is 15.3. The molecule has 0 radical (unpaired) electrons. The third-order valence-electron chi connectivity index (χ3n) is 11.1. The monoisotopic (exact) mass is 842 g/mol. The van der Waals surface area contributed by atoms with Crippen molar-refractivity contribution in [2.24, 2.45) is 0 Å². The predicted molar refractivity (Wildman–Crippen MR) is 227 cm³/mol. The van der Waals surface area contributed by atoms with Gasteiger partial charge >= 0.3 is 5.97 Å². The molecule has 0 spiro atoms. The number of aryl methyl sites for hydroxylation is 1. The minimum Gasteiger partial charge on any atom is -0.493 e. The van der Waals surface area contributed by atoms with Crippen LogP contribution < -0.4 is 4.74 Å². The summed E-state index contributed by atoms with van der Waals surface area (Å²) >= 11 is 0. The minimum absolute atomic E-state index is 0.00787. The average molecular weight is 843 g/mol. The zero-order valence-electron chi connectivity index (χ0n) is 34.8. The molecule has 3 atom stereocenters. The van der Waals surface area contributed by atoms with Crippen molar-refractivity contribution < 1.29 is 46.5 Å². The highest BCUT2D eigenvalue weighted by Crippen LogP contribution is 2.34. The van der Waals surface area contributed by atoms with Gasteiger partial charge in [-0.1, -0.05) is 57.7 Å². The van der Waals surface area contributed by atoms with Crippen LogP contribution in [0.2, 0.25) is 0 Å². The van der Waals surface area contributed by atoms with Crippen LogP contribution in [0.3, 0.4) is 0 Å². The highest BCUT2D eigenvalue weighted by atomic mass is 32.2. The molecule has 2 aliphatic heterocycles. The van der Waals surface area contributed by atoms with Crippen molar-refractivity contribution in [3.63, 3.8) is 0 Å². The fraction of sp³-hybridized carbons (Fsp3) is 0.404. The molecule has 2 heterocycles. The summed E-state index contributed by atoms with van der Waals surface area (Å²) in [6.07, 6.45) is 6.68. The number of benzene rings is 3. The molecule has 0 bridgehead atoms. The highest BCUT2D eigenvalue weighted by Gasteiger charge is 2.36. The lowest BCUT2D eigenvalue weighted by Crippen LogP contribution is -2.43. The second kappa shape index (κ2) is 20.0. The third-order valence-corrected chi connectivity index (χ3v) is 14.5. The Morgan fingerprint density at radius 3 is 2.34 bits per heavy atom. The first-order valence-electron chi connectivity index (χ1n) is 20.1. The van der Waals surface area contributed by atoms with Gasteiger partial charge in [0.15, 0.2) is 11.6 Å². The fourth-order valence-electron chi connectivity index (χ4n) is 7.20. The molecule has 0 saturated carbocycles. The summed E-state index contributed by atoms with van der Waals surface area (Å²) < 4.78 is 50.3. The maximum absolute atomic E-state index is 13.5. The van der Waals surface area contributed by atoms with Crippen molar-refractivity contribution in [2.75, 3.05) is 19.8 Å². The number of hydrogen-bond acceptors (Lipinski definition) is 10. The number of ether oxygens (including phenoxy) is 4. The normalized spacial score (nSPS) is 17.4. The zero-order valence-corrected chi connectivity index (χ0v) is 36.4. The number of rotatable bonds is 20. The van der Waals surface area contributed by atoms with Crippen molar-refractivity contribution >= 4 is 44.9 Å². The van der Waals surface area contributed by atoms with Gasteiger partial charge in [0.1, 0.15) is 29.3 Å². The number of carbonyl (C=O) groups excluding carboxylic acids is 4. The van der Waals surface area contributed by atoms with E-state index in [9.17, 15) is 27.6 Å². The number of carbonyl (C=O) groups is 4. The molecular weight excluding hydrogens is 789 g/mol. The van der Waals surface area contributed by atoms with Crippen molar-refractivity contribution in [1.29, 1.82) is 0 Å². The summed E-state index contributed by atoms with van der Waals surface area (Å²) in [6, 6.07) is 17.4. The number of esters is 1. The molecule has 0 amide bonds. The Morgan fingerprint density at radius 2 is 1.61 bits per heavy atom. The van der Waals surface area contributed by atoms with Gasteiger partial charge in [0, 0.05) is 34.6 Å². The van der Waals surface area contributed by atoms with E-state index in [0.29, 0.717) is 87.2 Å². The smallest absolute Gasteiger partial charge is 0.309 e. The largest absolute Gasteiger partial charge is 0.493 e. The van der Waals surface area contributed by atoms with E-state index in [1.807, 2.05) is 58.9 Å². The van der Waals surface area contributed by atoms with E-state index in [4.69, 9.17) is 18.9 Å². The van der Waals surface area contributed by atoms with Gasteiger partial charge in [-0.3, -0.25) is 19.2 Å². The summed E-state index contributed by atoms with van der Waals surface area (Å²) in [4.78, 5) is 54.3. The zero-order chi connectivity index (χ0) is 42.9. The van der Waals surface area contributed by atoms with E-state index in [1.165, 1.54) is 6.08 Å². The van der Waals surface area contributed by atoms with E-state index in [-0.39, 0.29) is 49.2 Å². The predicted octanol–water partition coefficient (Wildman–Crippen LogP) is 9.06. The Morgan fingerprint density at radius 1 is 0.864 bits per heavy atom. The van der Waals surface area contributed by atoms with Crippen molar-refractivity contribution in [2.45, 2.75) is 119 Å². The van der Waals surface area contributed by atoms with Crippen LogP contribution in [0.15, 0.2) is 110 Å². The number of ketones is 3. The van der Waals surface area contributed by atoms with E-state index in [0.717, 1.165) is 11.1 Å². The molecular formula is C47H54O10S2. The topological polar surface area (TPSA) is 139 Å². The van der Waals surface area contributed by atoms with Gasteiger partial charge in [0.2, 0.25) is 5.78 Å². The molecule has 2 aliphatic rings. The lowest BCUT2D eigenvalue weighted by Gasteiger charge is -2.31. The van der Waals surface area contributed by atoms with Crippen LogP contribution in [0.1, 0.15) is 111 Å². The number of unbranched alkanes of at least 4 members (excludes halogenated alkanes) is 1. The van der Waals surface area contributed by atoms with Crippen LogP contribution in [0.4, 0.5) is 0 Å². The molecule has 12 heteroatoms. The summed E-state index contributed by atoms with van der Waals surface area (Å²) in [5, 5.41) is 0. The molecule has 10 nitrogen and oxygen atoms in total. The van der Waals surface area contributed by atoms with Crippen LogP contribution in [-0.2, 0) is 51.8 Å². The Balaban J connectivity index is 1.05. The van der Waals surface area contributed by atoms with Gasteiger partial charge in [-0.05, 0) is 113 Å². The van der Waals surface area contributed by atoms with Crippen LogP contribution in [0, 0.1) is 6.92 Å². The van der Waals surface area contributed by atoms with E-state index < -0.39 is 38.8 Å². The number of fused-ring (bicyclic) bond motifs is 3. The van der Waals surface area contributed by atoms with Crippen LogP contribution in [-0.4, -0.2) is 62.8 Å². The number of hydrogen-bond donors (Lipinski definition) is 0. The Labute approximate surface area is 352 Å². The lowest BCUT2D eigenvalue weighted by atomic mass is 9.92. The lowest BCUT2D eigenvalue weighted by molar-refractivity contribution is -0.160. The highest BCUT2D eigenvalue weighted by molar-refractivity contribution is 7.89. The molecule has 3 aromatic rings. The Hall–Kier alpha value is -4.78. The molecule has 3 aromatic carbocycles. The molecule has 59 heavy (non-hydrogen) atoms. The standard InChI is InChI=1S/C47H54O10S2/c1-8-46(7,57-43(50)24-27-54-35-21-23-41-37(29-35)38(48)28-34-17-11-12-19-40(34)58(41)52)25-13-14-26-56-47(9-2,10-3)42(49)30-55-32(5)20-22-39-33(6)44(51)36-18-15-16-31(4)45(36)59(39)53/h11-12,15-23,29H,5,8-10,13-14,24-28,30H2,1-4,6-7H3/b22-20-/t46-,58?,59?/m1/s1. The molecule has 0 aromatic heterocycles. The number of Topliss-reactive ketones (excluding diaryl/α,β-unsaturated/α-hetero) is 3. The molecule has 5 rings (SSSR count). The Bertz CT molecular complexity index is 2230. The molecule has 314 valence electrons. The molecule has 0 fully saturated rings. The van der Waals surface area contributed by atoms with Gasteiger partial charge in [-0.15, -0.1) is 0 Å². The number of allylic oxidation sites excluding steroid dienone is 3. The second-order valence-corrected chi connectivity index (χ2v) is 17.9. The second-order valence-electron chi connectivity index (χ2n) is 15.1. The minimum atomic E-state index is -1.55. The third kappa shape index (κ3) is 10.5. The van der Waals surface area contributed by atoms with Crippen LogP contribution >= 0.6 is 0 Å². The summed E-state index contributed by atoms with van der Waals surface area (Å²) in [7, 11) is -3.04. The van der Waals surface area contributed by atoms with Gasteiger partial charge in [-0.25, -0.2) is 8.42 Å². The van der Waals surface area contributed by atoms with E-state index in [1.54, 1.807) is 49.4 Å². The van der Waals surface area contributed by atoms with E-state index >= 15 is 0 Å². The van der Waals surface area contributed by atoms with E-state index in [2.05, 4.69) is 6.58 Å². The maximum Gasteiger partial charge on any atom is 0.309 e. The summed E-state index contributed by atoms with van der Waals surface area (Å²) in [5.41, 5.74) is 0.963. The first-order valence-corrected chi connectivity index (χ1v) is 22.4. The molecule has 0 saturated heterocycles. The SMILES string of the molecule is C=C(/C=C\C1=C(C)C(=O)c2cccc(C)c2S1=O)OCC(=O)C(CC)(CC)OCCCC[C@@](C)(CC)OC(=O)CCOc1ccc2c(c1)C(=O)Cc1ccccc1S2=O. The van der Waals surface area contributed by atoms with Crippen molar-refractivity contribution in [1.82, 2.24) is 0 Å². The summed E-state index contributed by atoms with van der Waals surface area (Å²) in [6.45, 7) is 15.1. The van der Waals surface area contributed by atoms with Gasteiger partial charge in [0.05, 0.1) is 49.3 Å². The maximum atomic E-state index is 13.5.